The second kappa shape index (κ2) is 10.0. The Labute approximate surface area is 188 Å². The average molecular weight is 445 g/mol. The topological polar surface area (TPSA) is 108 Å². The molecule has 0 radical (unpaired) electrons. The summed E-state index contributed by atoms with van der Waals surface area (Å²) in [4.78, 5) is 27.8. The molecule has 1 aromatic rings. The summed E-state index contributed by atoms with van der Waals surface area (Å²) in [6.07, 6.45) is 2.80. The Bertz CT molecular complexity index is 866. The van der Waals surface area contributed by atoms with Gasteiger partial charge in [0.25, 0.3) is 0 Å². The zero-order chi connectivity index (χ0) is 22.7. The number of carbonyl (C=O) groups is 2. The zero-order valence-electron chi connectivity index (χ0n) is 18.4. The largest absolute Gasteiger partial charge is 0.486 e. The van der Waals surface area contributed by atoms with Gasteiger partial charge in [-0.15, -0.1) is 0 Å². The molecule has 0 bridgehead atoms. The highest BCUT2D eigenvalue weighted by atomic mass is 16.5. The van der Waals surface area contributed by atoms with Gasteiger partial charge in [0.15, 0.2) is 0 Å². The molecule has 2 amide bonds. The number of ether oxygens (including phenoxy) is 2. The first-order valence-electron chi connectivity index (χ1n) is 11.5. The van der Waals surface area contributed by atoms with Crippen LogP contribution in [0.5, 0.6) is 5.75 Å². The van der Waals surface area contributed by atoms with Crippen molar-refractivity contribution in [2.24, 2.45) is 0 Å². The number of nitrogens with one attached hydrogen (secondary N) is 1. The average Bonchev–Trinajstić information content (AvgIpc) is 3.45. The van der Waals surface area contributed by atoms with Crippen LogP contribution in [0.4, 0.5) is 0 Å². The van der Waals surface area contributed by atoms with E-state index in [2.05, 4.69) is 5.32 Å². The van der Waals surface area contributed by atoms with Gasteiger partial charge < -0.3 is 29.9 Å². The van der Waals surface area contributed by atoms with Gasteiger partial charge in [-0.2, -0.15) is 0 Å². The molecule has 0 saturated carbocycles. The summed E-state index contributed by atoms with van der Waals surface area (Å²) in [5.74, 6) is -0.214. The number of aliphatic hydroxyl groups excluding tert-OH is 2. The van der Waals surface area contributed by atoms with Crippen molar-refractivity contribution in [1.82, 2.24) is 10.2 Å². The van der Waals surface area contributed by atoms with Crippen LogP contribution in [-0.4, -0.2) is 77.6 Å². The van der Waals surface area contributed by atoms with Crippen molar-refractivity contribution in [3.63, 3.8) is 0 Å². The van der Waals surface area contributed by atoms with E-state index in [9.17, 15) is 14.7 Å². The molecule has 1 saturated heterocycles. The Morgan fingerprint density at radius 2 is 2.09 bits per heavy atom. The number of hydrogen-bond donors (Lipinski definition) is 3. The lowest BCUT2D eigenvalue weighted by atomic mass is 9.77. The second-order valence-electron chi connectivity index (χ2n) is 8.61. The summed E-state index contributed by atoms with van der Waals surface area (Å²) >= 11 is 0. The minimum Gasteiger partial charge on any atom is -0.486 e. The van der Waals surface area contributed by atoms with Crippen LogP contribution >= 0.6 is 0 Å². The normalized spacial score (nSPS) is 28.3. The Balaban J connectivity index is 1.71. The van der Waals surface area contributed by atoms with Crippen LogP contribution in [-0.2, 0) is 14.3 Å². The van der Waals surface area contributed by atoms with Crippen LogP contribution in [0.15, 0.2) is 35.9 Å². The molecule has 1 aromatic carbocycles. The van der Waals surface area contributed by atoms with Crippen LogP contribution in [0.25, 0.3) is 0 Å². The minimum absolute atomic E-state index is 0.0765. The van der Waals surface area contributed by atoms with Gasteiger partial charge in [-0.05, 0) is 31.4 Å². The number of aliphatic hydroxyl groups is 2. The minimum atomic E-state index is -0.996. The zero-order valence-corrected chi connectivity index (χ0v) is 18.4. The number of benzene rings is 1. The fraction of sp³-hybridized carbons (Fsp3) is 0.583. The highest BCUT2D eigenvalue weighted by Crippen LogP contribution is 2.47. The van der Waals surface area contributed by atoms with E-state index in [1.54, 1.807) is 11.0 Å². The van der Waals surface area contributed by atoms with E-state index in [0.29, 0.717) is 37.3 Å². The Kier molecular flexibility index (Phi) is 7.13. The Morgan fingerprint density at radius 1 is 1.28 bits per heavy atom. The lowest BCUT2D eigenvalue weighted by Gasteiger charge is -2.41. The Morgan fingerprint density at radius 3 is 2.81 bits per heavy atom. The number of rotatable bonds is 8. The molecule has 8 nitrogen and oxygen atoms in total. The summed E-state index contributed by atoms with van der Waals surface area (Å²) in [6, 6.07) is 6.74. The van der Waals surface area contributed by atoms with Crippen molar-refractivity contribution in [1.29, 1.82) is 0 Å². The van der Waals surface area contributed by atoms with E-state index in [-0.39, 0.29) is 31.1 Å². The smallest absolute Gasteiger partial charge is 0.247 e. The van der Waals surface area contributed by atoms with Crippen molar-refractivity contribution < 1.29 is 29.3 Å². The maximum atomic E-state index is 13.1. The summed E-state index contributed by atoms with van der Waals surface area (Å²) in [5, 5.41) is 23.3. The highest BCUT2D eigenvalue weighted by Gasteiger charge is 2.50. The van der Waals surface area contributed by atoms with Crippen molar-refractivity contribution >= 4 is 11.8 Å². The molecule has 0 aromatic heterocycles. The fourth-order valence-corrected chi connectivity index (χ4v) is 4.95. The van der Waals surface area contributed by atoms with Gasteiger partial charge in [-0.1, -0.05) is 25.1 Å². The molecule has 1 fully saturated rings. The quantitative estimate of drug-likeness (QED) is 0.555. The lowest BCUT2D eigenvalue weighted by Crippen LogP contribution is -2.57. The summed E-state index contributed by atoms with van der Waals surface area (Å²) in [5.41, 5.74) is 1.29. The maximum Gasteiger partial charge on any atom is 0.247 e. The third kappa shape index (κ3) is 4.40. The van der Waals surface area contributed by atoms with Crippen LogP contribution in [0, 0.1) is 0 Å². The molecule has 4 rings (SSSR count). The summed E-state index contributed by atoms with van der Waals surface area (Å²) in [6.45, 7) is 2.92. The number of hydrogen-bond acceptors (Lipinski definition) is 6. The predicted molar refractivity (Wildman–Crippen MR) is 117 cm³/mol. The van der Waals surface area contributed by atoms with Gasteiger partial charge in [0, 0.05) is 37.3 Å². The van der Waals surface area contributed by atoms with E-state index in [1.165, 1.54) is 0 Å². The van der Waals surface area contributed by atoms with Gasteiger partial charge in [0.2, 0.25) is 11.8 Å². The Hall–Kier alpha value is -2.42. The van der Waals surface area contributed by atoms with Crippen LogP contribution < -0.4 is 10.1 Å². The first-order valence-corrected chi connectivity index (χ1v) is 11.5. The van der Waals surface area contributed by atoms with Gasteiger partial charge in [-0.25, -0.2) is 0 Å². The predicted octanol–water partition coefficient (Wildman–Crippen LogP) is 1.12. The maximum absolute atomic E-state index is 13.1. The molecule has 174 valence electrons. The standard InChI is InChI=1S/C24H32N2O6/c1-2-6-20(28)26(14-15-7-5-12-31-15)18-13-17(24(30)25-10-11-27)21-16-8-3-4-9-19(16)32-23(21)22(18)29/h3-4,8-9,13,15,18,21-23,27,29H,2,5-7,10-12,14H2,1H3,(H,25,30)/t15-,18-,21+,22+,23+/m1/s1. The van der Waals surface area contributed by atoms with Gasteiger partial charge in [0.1, 0.15) is 18.0 Å². The first-order chi connectivity index (χ1) is 15.5. The summed E-state index contributed by atoms with van der Waals surface area (Å²) < 4.78 is 11.9. The molecule has 5 atom stereocenters. The van der Waals surface area contributed by atoms with Gasteiger partial charge in [-0.3, -0.25) is 9.59 Å². The van der Waals surface area contributed by atoms with E-state index in [4.69, 9.17) is 14.6 Å². The molecule has 0 unspecified atom stereocenters. The third-order valence-electron chi connectivity index (χ3n) is 6.45. The first kappa shape index (κ1) is 22.8. The number of fused-ring (bicyclic) bond motifs is 3. The van der Waals surface area contributed by atoms with E-state index >= 15 is 0 Å². The molecule has 1 aliphatic carbocycles. The van der Waals surface area contributed by atoms with Crippen LogP contribution in [0.3, 0.4) is 0 Å². The van der Waals surface area contributed by atoms with Crippen molar-refractivity contribution in [2.75, 3.05) is 26.3 Å². The van der Waals surface area contributed by atoms with Crippen LogP contribution in [0.1, 0.15) is 44.1 Å². The molecule has 3 N–H and O–H groups in total. The molecule has 3 aliphatic rings. The molecule has 32 heavy (non-hydrogen) atoms. The van der Waals surface area contributed by atoms with E-state index < -0.39 is 24.2 Å². The van der Waals surface area contributed by atoms with Gasteiger partial charge >= 0.3 is 0 Å². The SMILES string of the molecule is CCCC(=O)N(C[C@H]1CCCO1)[C@@H]1C=C(C(=O)NCCO)[C@@H]2c3ccccc3O[C@@H]2[C@H]1O. The molecule has 8 heteroatoms. The van der Waals surface area contributed by atoms with E-state index in [1.807, 2.05) is 31.2 Å². The van der Waals surface area contributed by atoms with Crippen molar-refractivity contribution in [2.45, 2.75) is 62.9 Å². The molecule has 0 spiro atoms. The number of nitrogens with zero attached hydrogens (tertiary/aromatic N) is 1. The number of carbonyl (C=O) groups excluding carboxylic acids is 2. The second-order valence-corrected chi connectivity index (χ2v) is 8.61. The number of para-hydroxylation sites is 1. The van der Waals surface area contributed by atoms with E-state index in [0.717, 1.165) is 18.4 Å². The summed E-state index contributed by atoms with van der Waals surface area (Å²) in [7, 11) is 0. The lowest BCUT2D eigenvalue weighted by molar-refractivity contribution is -0.139. The molecule has 2 aliphatic heterocycles. The monoisotopic (exact) mass is 444 g/mol. The highest BCUT2D eigenvalue weighted by molar-refractivity contribution is 5.96. The number of amides is 2. The fourth-order valence-electron chi connectivity index (χ4n) is 4.95. The van der Waals surface area contributed by atoms with Crippen molar-refractivity contribution in [3.8, 4) is 5.75 Å². The molecule has 2 heterocycles. The van der Waals surface area contributed by atoms with Gasteiger partial charge in [0.05, 0.1) is 24.7 Å². The molecular weight excluding hydrogens is 412 g/mol. The van der Waals surface area contributed by atoms with Crippen LogP contribution in [0.2, 0.25) is 0 Å². The molecular formula is C24H32N2O6. The third-order valence-corrected chi connectivity index (χ3v) is 6.45. The van der Waals surface area contributed by atoms with Crippen molar-refractivity contribution in [3.05, 3.63) is 41.5 Å².